The van der Waals surface area contributed by atoms with Gasteiger partial charge in [0.1, 0.15) is 6.04 Å². The Morgan fingerprint density at radius 1 is 1.50 bits per heavy atom. The lowest BCUT2D eigenvalue weighted by molar-refractivity contribution is -0.146. The average molecular weight is 145 g/mol. The minimum Gasteiger partial charge on any atom is -0.290 e. The van der Waals surface area contributed by atoms with Crippen molar-refractivity contribution >= 4 is 9.39 Å². The van der Waals surface area contributed by atoms with Gasteiger partial charge in [-0.25, -0.2) is 0 Å². The highest BCUT2D eigenvalue weighted by Gasteiger charge is 2.34. The van der Waals surface area contributed by atoms with Gasteiger partial charge in [-0.2, -0.15) is 13.2 Å². The van der Waals surface area contributed by atoms with Crippen LogP contribution >= 0.6 is 9.39 Å². The Kier molecular flexibility index (Phi) is 2.71. The molecule has 0 aromatic heterocycles. The van der Waals surface area contributed by atoms with Gasteiger partial charge in [0.25, 0.3) is 0 Å². The first-order chi connectivity index (χ1) is 3.48. The van der Waals surface area contributed by atoms with E-state index in [0.717, 1.165) is 6.92 Å². The van der Waals surface area contributed by atoms with E-state index >= 15 is 0 Å². The molecule has 0 saturated carbocycles. The summed E-state index contributed by atoms with van der Waals surface area (Å²) in [6, 6.07) is -1.44. The quantitative estimate of drug-likeness (QED) is 0.548. The first-order valence-electron chi connectivity index (χ1n) is 2.01. The third-order valence-corrected chi connectivity index (χ3v) is 1.24. The zero-order valence-electron chi connectivity index (χ0n) is 4.29. The third kappa shape index (κ3) is 2.48. The molecule has 0 spiro atoms. The maximum Gasteiger partial charge on any atom is 0.403 e. The van der Waals surface area contributed by atoms with E-state index in [-0.39, 0.29) is 0 Å². The van der Waals surface area contributed by atoms with E-state index in [1.807, 2.05) is 14.5 Å². The standard InChI is InChI=1S/C3H7F3NP/c1-2(7-8)3(4,5)6/h2,7H,8H2,1H3. The number of halogens is 3. The summed E-state index contributed by atoms with van der Waals surface area (Å²) in [6.07, 6.45) is -4.12. The summed E-state index contributed by atoms with van der Waals surface area (Å²) in [5.41, 5.74) is 0. The molecule has 5 heteroatoms. The minimum absolute atomic E-state index is 1.05. The van der Waals surface area contributed by atoms with Crippen LogP contribution in [0.2, 0.25) is 0 Å². The molecule has 0 heterocycles. The lowest BCUT2D eigenvalue weighted by Gasteiger charge is -2.12. The van der Waals surface area contributed by atoms with Crippen molar-refractivity contribution in [2.45, 2.75) is 19.1 Å². The Morgan fingerprint density at radius 3 is 1.88 bits per heavy atom. The number of alkyl halides is 3. The fourth-order valence-corrected chi connectivity index (χ4v) is 0.283. The van der Waals surface area contributed by atoms with E-state index in [1.165, 1.54) is 0 Å². The summed E-state index contributed by atoms with van der Waals surface area (Å²) in [7, 11) is 1.81. The van der Waals surface area contributed by atoms with Crippen molar-refractivity contribution < 1.29 is 13.2 Å². The van der Waals surface area contributed by atoms with Crippen LogP contribution in [0.25, 0.3) is 0 Å². The average Bonchev–Trinajstić information content (AvgIpc) is 1.62. The van der Waals surface area contributed by atoms with Gasteiger partial charge in [0.2, 0.25) is 0 Å². The number of rotatable bonds is 1. The van der Waals surface area contributed by atoms with Gasteiger partial charge in [-0.1, -0.05) is 9.39 Å². The smallest absolute Gasteiger partial charge is 0.290 e. The van der Waals surface area contributed by atoms with Gasteiger partial charge in [0.15, 0.2) is 0 Å². The molecule has 0 aromatic carbocycles. The van der Waals surface area contributed by atoms with E-state index in [0.29, 0.717) is 0 Å². The highest BCUT2D eigenvalue weighted by molar-refractivity contribution is 7.13. The molecule has 2 atom stereocenters. The Hall–Kier alpha value is 0.180. The molecule has 0 amide bonds. The van der Waals surface area contributed by atoms with Crippen molar-refractivity contribution in [2.75, 3.05) is 0 Å². The van der Waals surface area contributed by atoms with Crippen molar-refractivity contribution in [2.24, 2.45) is 0 Å². The Labute approximate surface area is 47.9 Å². The normalized spacial score (nSPS) is 16.1. The Bertz CT molecular complexity index is 71.4. The van der Waals surface area contributed by atoms with Crippen LogP contribution in [0.5, 0.6) is 0 Å². The van der Waals surface area contributed by atoms with Crippen molar-refractivity contribution in [1.29, 1.82) is 0 Å². The highest BCUT2D eigenvalue weighted by Crippen LogP contribution is 2.19. The fourth-order valence-electron chi connectivity index (χ4n) is 0.0945. The largest absolute Gasteiger partial charge is 0.403 e. The molecular formula is C3H7F3NP. The second kappa shape index (κ2) is 2.65. The van der Waals surface area contributed by atoms with Crippen LogP contribution in [-0.2, 0) is 0 Å². The van der Waals surface area contributed by atoms with Crippen molar-refractivity contribution in [3.63, 3.8) is 0 Å². The second-order valence-electron chi connectivity index (χ2n) is 1.43. The summed E-state index contributed by atoms with van der Waals surface area (Å²) >= 11 is 0. The maximum atomic E-state index is 11.4. The lowest BCUT2D eigenvalue weighted by atomic mass is 10.4. The van der Waals surface area contributed by atoms with Gasteiger partial charge in [-0.3, -0.25) is 5.09 Å². The van der Waals surface area contributed by atoms with Crippen LogP contribution in [0, 0.1) is 0 Å². The zero-order chi connectivity index (χ0) is 6.78. The van der Waals surface area contributed by atoms with Crippen molar-refractivity contribution in [1.82, 2.24) is 5.09 Å². The highest BCUT2D eigenvalue weighted by atomic mass is 31.0. The summed E-state index contributed by atoms with van der Waals surface area (Å²) in [5.74, 6) is 0. The van der Waals surface area contributed by atoms with E-state index in [4.69, 9.17) is 0 Å². The lowest BCUT2D eigenvalue weighted by Crippen LogP contribution is -2.33. The molecule has 0 fully saturated rings. The molecule has 50 valence electrons. The molecule has 0 saturated heterocycles. The van der Waals surface area contributed by atoms with Gasteiger partial charge >= 0.3 is 6.18 Å². The predicted octanol–water partition coefficient (Wildman–Crippen LogP) is 1.32. The van der Waals surface area contributed by atoms with Gasteiger partial charge in [-0.05, 0) is 6.92 Å². The van der Waals surface area contributed by atoms with Crippen LogP contribution in [0.1, 0.15) is 6.92 Å². The topological polar surface area (TPSA) is 12.0 Å². The first-order valence-corrected chi connectivity index (χ1v) is 2.59. The van der Waals surface area contributed by atoms with Gasteiger partial charge in [-0.15, -0.1) is 0 Å². The molecule has 0 bridgehead atoms. The summed E-state index contributed by atoms with van der Waals surface area (Å²) in [5, 5.41) is 2.00. The van der Waals surface area contributed by atoms with Gasteiger partial charge in [0.05, 0.1) is 0 Å². The summed E-state index contributed by atoms with van der Waals surface area (Å²) < 4.78 is 34.1. The van der Waals surface area contributed by atoms with Crippen LogP contribution < -0.4 is 5.09 Å². The van der Waals surface area contributed by atoms with E-state index < -0.39 is 12.2 Å². The van der Waals surface area contributed by atoms with Crippen LogP contribution in [0.15, 0.2) is 0 Å². The van der Waals surface area contributed by atoms with Crippen LogP contribution in [0.3, 0.4) is 0 Å². The molecule has 0 aliphatic carbocycles. The second-order valence-corrected chi connectivity index (χ2v) is 1.76. The van der Waals surface area contributed by atoms with E-state index in [1.54, 1.807) is 0 Å². The third-order valence-electron chi connectivity index (χ3n) is 0.741. The SMILES string of the molecule is CC(NP)C(F)(F)F. The molecule has 1 nitrogen and oxygen atoms in total. The fraction of sp³-hybridized carbons (Fsp3) is 1.00. The van der Waals surface area contributed by atoms with E-state index in [9.17, 15) is 13.2 Å². The molecule has 0 aliphatic heterocycles. The molecule has 0 aromatic rings. The minimum atomic E-state index is -4.12. The van der Waals surface area contributed by atoms with E-state index in [2.05, 4.69) is 0 Å². The Balaban J connectivity index is 3.62. The van der Waals surface area contributed by atoms with Gasteiger partial charge < -0.3 is 0 Å². The molecule has 8 heavy (non-hydrogen) atoms. The molecule has 0 rings (SSSR count). The zero-order valence-corrected chi connectivity index (χ0v) is 5.44. The summed E-state index contributed by atoms with van der Waals surface area (Å²) in [4.78, 5) is 0. The maximum absolute atomic E-state index is 11.4. The molecule has 2 unspecified atom stereocenters. The predicted molar refractivity (Wildman–Crippen MR) is 28.4 cm³/mol. The first kappa shape index (κ1) is 8.18. The molecule has 0 aliphatic rings. The van der Waals surface area contributed by atoms with Crippen LogP contribution in [-0.4, -0.2) is 12.2 Å². The molecule has 0 radical (unpaired) electrons. The number of hydrogen-bond donors (Lipinski definition) is 1. The molecule has 1 N–H and O–H groups in total. The monoisotopic (exact) mass is 145 g/mol. The molecular weight excluding hydrogens is 138 g/mol. The number of nitrogens with one attached hydrogen (secondary N) is 1. The summed E-state index contributed by atoms with van der Waals surface area (Å²) in [6.45, 7) is 1.05. The van der Waals surface area contributed by atoms with Gasteiger partial charge in [0, 0.05) is 0 Å². The van der Waals surface area contributed by atoms with Crippen molar-refractivity contribution in [3.8, 4) is 0 Å². The Morgan fingerprint density at radius 2 is 1.88 bits per heavy atom. The van der Waals surface area contributed by atoms with Crippen LogP contribution in [0.4, 0.5) is 13.2 Å². The number of hydrogen-bond acceptors (Lipinski definition) is 1. The van der Waals surface area contributed by atoms with Crippen molar-refractivity contribution in [3.05, 3.63) is 0 Å².